The van der Waals surface area contributed by atoms with Gasteiger partial charge in [-0.05, 0) is 25.0 Å². The Labute approximate surface area is 127 Å². The van der Waals surface area contributed by atoms with Crippen LogP contribution in [-0.4, -0.2) is 49.7 Å². The summed E-state index contributed by atoms with van der Waals surface area (Å²) in [5.74, 6) is -1.24. The second-order valence-electron chi connectivity index (χ2n) is 5.29. The van der Waals surface area contributed by atoms with Crippen LogP contribution in [0, 0.1) is 5.92 Å². The third-order valence-corrected chi connectivity index (χ3v) is 3.87. The first-order chi connectivity index (χ1) is 10.6. The van der Waals surface area contributed by atoms with Gasteiger partial charge < -0.3 is 10.0 Å². The molecule has 1 aliphatic rings. The zero-order valence-corrected chi connectivity index (χ0v) is 11.9. The molecule has 22 heavy (non-hydrogen) atoms. The molecule has 0 aromatic carbocycles. The number of carbonyl (C=O) groups is 2. The molecule has 1 fully saturated rings. The average molecular weight is 300 g/mol. The number of aromatic nitrogens is 3. The number of pyridine rings is 1. The van der Waals surface area contributed by atoms with Gasteiger partial charge in [-0.15, -0.1) is 0 Å². The summed E-state index contributed by atoms with van der Waals surface area (Å²) in [5, 5.41) is 13.2. The molecule has 114 valence electrons. The zero-order chi connectivity index (χ0) is 15.5. The Balaban J connectivity index is 1.69. The maximum absolute atomic E-state index is 12.4. The molecule has 1 aliphatic heterocycles. The first-order valence-electron chi connectivity index (χ1n) is 7.12. The highest BCUT2D eigenvalue weighted by Crippen LogP contribution is 2.19. The second kappa shape index (κ2) is 5.97. The fourth-order valence-corrected chi connectivity index (χ4v) is 2.58. The van der Waals surface area contributed by atoms with E-state index in [0.717, 1.165) is 5.69 Å². The summed E-state index contributed by atoms with van der Waals surface area (Å²) in [7, 11) is 0. The van der Waals surface area contributed by atoms with Crippen molar-refractivity contribution in [2.24, 2.45) is 5.92 Å². The minimum absolute atomic E-state index is 0.112. The van der Waals surface area contributed by atoms with Crippen molar-refractivity contribution < 1.29 is 14.7 Å². The van der Waals surface area contributed by atoms with E-state index >= 15 is 0 Å². The number of carbonyl (C=O) groups excluding carboxylic acids is 1. The van der Waals surface area contributed by atoms with Crippen molar-refractivity contribution in [3.8, 4) is 5.69 Å². The molecule has 1 N–H and O–H groups in total. The van der Waals surface area contributed by atoms with Gasteiger partial charge in [0.2, 0.25) is 0 Å². The highest BCUT2D eigenvalue weighted by molar-refractivity contribution is 5.94. The van der Waals surface area contributed by atoms with Crippen molar-refractivity contribution in [1.82, 2.24) is 19.7 Å². The Morgan fingerprint density at radius 1 is 1.23 bits per heavy atom. The molecule has 7 nitrogen and oxygen atoms in total. The number of hydrogen-bond acceptors (Lipinski definition) is 4. The second-order valence-corrected chi connectivity index (χ2v) is 5.29. The molecular weight excluding hydrogens is 284 g/mol. The van der Waals surface area contributed by atoms with E-state index in [4.69, 9.17) is 5.11 Å². The molecule has 0 unspecified atom stereocenters. The molecule has 2 aromatic rings. The Bertz CT molecular complexity index is 675. The molecule has 2 aromatic heterocycles. The normalized spacial score (nSPS) is 15.7. The topological polar surface area (TPSA) is 88.3 Å². The van der Waals surface area contributed by atoms with E-state index in [1.54, 1.807) is 34.2 Å². The van der Waals surface area contributed by atoms with Crippen molar-refractivity contribution in [3.05, 3.63) is 42.5 Å². The molecule has 3 heterocycles. The highest BCUT2D eigenvalue weighted by Gasteiger charge is 2.28. The van der Waals surface area contributed by atoms with Crippen LogP contribution in [0.1, 0.15) is 23.2 Å². The van der Waals surface area contributed by atoms with Gasteiger partial charge in [0, 0.05) is 25.5 Å². The molecule has 0 aliphatic carbocycles. The predicted octanol–water partition coefficient (Wildman–Crippen LogP) is 1.20. The van der Waals surface area contributed by atoms with Gasteiger partial charge in [0.05, 0.1) is 29.6 Å². The van der Waals surface area contributed by atoms with Gasteiger partial charge in [0.25, 0.3) is 5.91 Å². The standard InChI is InChI=1S/C15H16N4O3/c20-14(18-6-3-11(4-7-18)15(21)22)12-8-17-19(10-12)13-2-1-5-16-9-13/h1-2,5,8-11H,3-4,6-7H2,(H,21,22). The summed E-state index contributed by atoms with van der Waals surface area (Å²) in [4.78, 5) is 29.1. The summed E-state index contributed by atoms with van der Waals surface area (Å²) in [6, 6.07) is 3.65. The Hall–Kier alpha value is -2.70. The number of piperidine rings is 1. The molecule has 7 heteroatoms. The molecule has 3 rings (SSSR count). The van der Waals surface area contributed by atoms with E-state index in [0.29, 0.717) is 31.5 Å². The number of aliphatic carboxylic acids is 1. The van der Waals surface area contributed by atoms with Crippen LogP contribution < -0.4 is 0 Å². The molecule has 0 bridgehead atoms. The van der Waals surface area contributed by atoms with Crippen molar-refractivity contribution >= 4 is 11.9 Å². The maximum atomic E-state index is 12.4. The Kier molecular flexibility index (Phi) is 3.86. The molecule has 0 saturated carbocycles. The quantitative estimate of drug-likeness (QED) is 0.920. The number of rotatable bonds is 3. The molecule has 0 radical (unpaired) electrons. The van der Waals surface area contributed by atoms with Crippen molar-refractivity contribution in [2.75, 3.05) is 13.1 Å². The van der Waals surface area contributed by atoms with Crippen LogP contribution in [0.15, 0.2) is 36.9 Å². The minimum Gasteiger partial charge on any atom is -0.481 e. The smallest absolute Gasteiger partial charge is 0.306 e. The largest absolute Gasteiger partial charge is 0.481 e. The van der Waals surface area contributed by atoms with E-state index in [2.05, 4.69) is 10.1 Å². The number of carboxylic acids is 1. The first kappa shape index (κ1) is 14.2. The van der Waals surface area contributed by atoms with Crippen LogP contribution in [0.25, 0.3) is 5.69 Å². The fraction of sp³-hybridized carbons (Fsp3) is 0.333. The number of likely N-dealkylation sites (tertiary alicyclic amines) is 1. The highest BCUT2D eigenvalue weighted by atomic mass is 16.4. The average Bonchev–Trinajstić information content (AvgIpc) is 3.05. The van der Waals surface area contributed by atoms with Crippen LogP contribution in [0.3, 0.4) is 0 Å². The summed E-state index contributed by atoms with van der Waals surface area (Å²) >= 11 is 0. The molecular formula is C15H16N4O3. The lowest BCUT2D eigenvalue weighted by atomic mass is 9.97. The lowest BCUT2D eigenvalue weighted by molar-refractivity contribution is -0.143. The van der Waals surface area contributed by atoms with Crippen LogP contribution in [0.2, 0.25) is 0 Å². The summed E-state index contributed by atoms with van der Waals surface area (Å²) in [6.07, 6.45) is 7.53. The third kappa shape index (κ3) is 2.83. The molecule has 0 atom stereocenters. The lowest BCUT2D eigenvalue weighted by Gasteiger charge is -2.29. The minimum atomic E-state index is -0.781. The van der Waals surface area contributed by atoms with Gasteiger partial charge >= 0.3 is 5.97 Å². The monoisotopic (exact) mass is 300 g/mol. The molecule has 1 saturated heterocycles. The third-order valence-electron chi connectivity index (χ3n) is 3.87. The van der Waals surface area contributed by atoms with Crippen LogP contribution >= 0.6 is 0 Å². The lowest BCUT2D eigenvalue weighted by Crippen LogP contribution is -2.40. The fourth-order valence-electron chi connectivity index (χ4n) is 2.58. The first-order valence-corrected chi connectivity index (χ1v) is 7.12. The Morgan fingerprint density at radius 2 is 2.00 bits per heavy atom. The zero-order valence-electron chi connectivity index (χ0n) is 11.9. The number of carboxylic acid groups (broad SMARTS) is 1. The maximum Gasteiger partial charge on any atom is 0.306 e. The molecule has 1 amide bonds. The van der Waals surface area contributed by atoms with Crippen LogP contribution in [0.4, 0.5) is 0 Å². The Morgan fingerprint density at radius 3 is 2.64 bits per heavy atom. The number of hydrogen-bond donors (Lipinski definition) is 1. The summed E-state index contributed by atoms with van der Waals surface area (Å²) < 4.78 is 1.60. The van der Waals surface area contributed by atoms with Crippen molar-refractivity contribution in [2.45, 2.75) is 12.8 Å². The van der Waals surface area contributed by atoms with Crippen LogP contribution in [0.5, 0.6) is 0 Å². The summed E-state index contributed by atoms with van der Waals surface area (Å²) in [6.45, 7) is 0.932. The van der Waals surface area contributed by atoms with Gasteiger partial charge in [0.1, 0.15) is 0 Å². The predicted molar refractivity (Wildman–Crippen MR) is 77.6 cm³/mol. The summed E-state index contributed by atoms with van der Waals surface area (Å²) in [5.41, 5.74) is 1.28. The van der Waals surface area contributed by atoms with E-state index in [-0.39, 0.29) is 11.8 Å². The van der Waals surface area contributed by atoms with Crippen molar-refractivity contribution in [1.29, 1.82) is 0 Å². The van der Waals surface area contributed by atoms with Crippen LogP contribution in [-0.2, 0) is 4.79 Å². The number of amides is 1. The van der Waals surface area contributed by atoms with Crippen molar-refractivity contribution in [3.63, 3.8) is 0 Å². The van der Waals surface area contributed by atoms with Gasteiger partial charge in [-0.1, -0.05) is 0 Å². The molecule has 0 spiro atoms. The van der Waals surface area contributed by atoms with Gasteiger partial charge in [-0.2, -0.15) is 5.10 Å². The van der Waals surface area contributed by atoms with E-state index < -0.39 is 5.97 Å². The van der Waals surface area contributed by atoms with Gasteiger partial charge in [-0.25, -0.2) is 4.68 Å². The van der Waals surface area contributed by atoms with E-state index in [1.165, 1.54) is 6.20 Å². The van der Waals surface area contributed by atoms with E-state index in [1.807, 2.05) is 6.07 Å². The van der Waals surface area contributed by atoms with Gasteiger partial charge in [-0.3, -0.25) is 14.6 Å². The number of nitrogens with zero attached hydrogens (tertiary/aromatic N) is 4. The van der Waals surface area contributed by atoms with Gasteiger partial charge in [0.15, 0.2) is 0 Å². The van der Waals surface area contributed by atoms with E-state index in [9.17, 15) is 9.59 Å². The SMILES string of the molecule is O=C(O)C1CCN(C(=O)c2cnn(-c3cccnc3)c2)CC1.